The van der Waals surface area contributed by atoms with Crippen molar-refractivity contribution >= 4 is 13.6 Å². The van der Waals surface area contributed by atoms with Crippen molar-refractivity contribution < 1.29 is 23.1 Å². The molecular formula is C12H25O5P. The zero-order valence-corrected chi connectivity index (χ0v) is 12.9. The third-order valence-electron chi connectivity index (χ3n) is 2.20. The summed E-state index contributed by atoms with van der Waals surface area (Å²) in [6, 6.07) is 0. The van der Waals surface area contributed by atoms with Gasteiger partial charge in [-0.3, -0.25) is 9.36 Å². The van der Waals surface area contributed by atoms with Crippen LogP contribution in [0, 0.1) is 5.41 Å². The van der Waals surface area contributed by atoms with Gasteiger partial charge in [-0.25, -0.2) is 0 Å². The number of esters is 1. The number of hydrogen-bond acceptors (Lipinski definition) is 5. The first kappa shape index (κ1) is 17.6. The van der Waals surface area contributed by atoms with E-state index in [0.29, 0.717) is 19.8 Å². The van der Waals surface area contributed by atoms with Gasteiger partial charge in [0.15, 0.2) is 0 Å². The topological polar surface area (TPSA) is 61.8 Å². The Bertz CT molecular complexity index is 291. The van der Waals surface area contributed by atoms with E-state index in [-0.39, 0.29) is 18.6 Å². The molecule has 5 nitrogen and oxygen atoms in total. The van der Waals surface area contributed by atoms with Crippen LogP contribution in [-0.2, 0) is 23.1 Å². The third-order valence-corrected chi connectivity index (χ3v) is 4.75. The van der Waals surface area contributed by atoms with Crippen molar-refractivity contribution in [1.82, 2.24) is 0 Å². The van der Waals surface area contributed by atoms with Crippen LogP contribution in [-0.4, -0.2) is 32.0 Å². The van der Waals surface area contributed by atoms with Crippen LogP contribution in [0.4, 0.5) is 0 Å². The fourth-order valence-electron chi connectivity index (χ4n) is 1.70. The van der Waals surface area contributed by atoms with Crippen LogP contribution >= 0.6 is 7.60 Å². The Balaban J connectivity index is 4.59. The van der Waals surface area contributed by atoms with E-state index < -0.39 is 13.0 Å². The fourth-order valence-corrected chi connectivity index (χ4v) is 3.91. The van der Waals surface area contributed by atoms with Gasteiger partial charge in [0.1, 0.15) is 0 Å². The molecule has 0 aromatic rings. The second-order valence-corrected chi connectivity index (χ2v) is 6.81. The van der Waals surface area contributed by atoms with E-state index in [2.05, 4.69) is 0 Å². The predicted octanol–water partition coefficient (Wildman–Crippen LogP) is 3.23. The van der Waals surface area contributed by atoms with Crippen LogP contribution in [0.15, 0.2) is 0 Å². The molecule has 0 aromatic carbocycles. The SMILES string of the molecule is CCOC(=O)CC(C)(C)CP(=O)(OCC)OCC. The van der Waals surface area contributed by atoms with Gasteiger partial charge in [-0.05, 0) is 26.2 Å². The van der Waals surface area contributed by atoms with Gasteiger partial charge < -0.3 is 13.8 Å². The quantitative estimate of drug-likeness (QED) is 0.479. The molecule has 0 aromatic heterocycles. The molecule has 0 saturated heterocycles. The molecule has 6 heteroatoms. The minimum absolute atomic E-state index is 0.199. The molecule has 0 heterocycles. The zero-order valence-electron chi connectivity index (χ0n) is 12.0. The molecule has 0 aliphatic heterocycles. The first-order valence-electron chi connectivity index (χ1n) is 6.32. The molecule has 0 N–H and O–H groups in total. The molecular weight excluding hydrogens is 255 g/mol. The highest BCUT2D eigenvalue weighted by atomic mass is 31.2. The van der Waals surface area contributed by atoms with Crippen LogP contribution in [0.2, 0.25) is 0 Å². The van der Waals surface area contributed by atoms with Gasteiger partial charge in [0, 0.05) is 0 Å². The lowest BCUT2D eigenvalue weighted by molar-refractivity contribution is -0.145. The van der Waals surface area contributed by atoms with Crippen LogP contribution < -0.4 is 0 Å². The average molecular weight is 280 g/mol. The van der Waals surface area contributed by atoms with Crippen LogP contribution in [0.3, 0.4) is 0 Å². The van der Waals surface area contributed by atoms with Gasteiger partial charge in [0.2, 0.25) is 0 Å². The van der Waals surface area contributed by atoms with Crippen LogP contribution in [0.25, 0.3) is 0 Å². The van der Waals surface area contributed by atoms with Gasteiger partial charge in [-0.15, -0.1) is 0 Å². The minimum atomic E-state index is -3.12. The normalized spacial score (nSPS) is 12.5. The highest BCUT2D eigenvalue weighted by Crippen LogP contribution is 2.53. The number of carbonyl (C=O) groups excluding carboxylic acids is 1. The Labute approximate surface area is 110 Å². The summed E-state index contributed by atoms with van der Waals surface area (Å²) in [6.45, 7) is 10.0. The largest absolute Gasteiger partial charge is 0.466 e. The third kappa shape index (κ3) is 7.14. The molecule has 0 aliphatic rings. The smallest absolute Gasteiger partial charge is 0.331 e. The maximum absolute atomic E-state index is 12.4. The molecule has 0 amide bonds. The second kappa shape index (κ2) is 7.93. The van der Waals surface area contributed by atoms with Crippen molar-refractivity contribution in [2.24, 2.45) is 5.41 Å². The van der Waals surface area contributed by atoms with Crippen molar-refractivity contribution in [3.8, 4) is 0 Å². The van der Waals surface area contributed by atoms with E-state index in [1.165, 1.54) is 0 Å². The molecule has 0 spiro atoms. The van der Waals surface area contributed by atoms with Crippen molar-refractivity contribution in [3.05, 3.63) is 0 Å². The van der Waals surface area contributed by atoms with Crippen molar-refractivity contribution in [2.45, 2.75) is 41.0 Å². The molecule has 0 atom stereocenters. The molecule has 0 bridgehead atoms. The van der Waals surface area contributed by atoms with Crippen molar-refractivity contribution in [2.75, 3.05) is 26.0 Å². The number of rotatable bonds is 9. The molecule has 0 aliphatic carbocycles. The predicted molar refractivity (Wildman–Crippen MR) is 70.8 cm³/mol. The van der Waals surface area contributed by atoms with Gasteiger partial charge >= 0.3 is 13.6 Å². The first-order valence-corrected chi connectivity index (χ1v) is 8.05. The molecule has 0 rings (SSSR count). The molecule has 18 heavy (non-hydrogen) atoms. The maximum Gasteiger partial charge on any atom is 0.331 e. The van der Waals surface area contributed by atoms with E-state index >= 15 is 0 Å². The summed E-state index contributed by atoms with van der Waals surface area (Å²) in [5.74, 6) is -0.290. The minimum Gasteiger partial charge on any atom is -0.466 e. The van der Waals surface area contributed by atoms with Gasteiger partial charge in [0.05, 0.1) is 32.4 Å². The molecule has 0 unspecified atom stereocenters. The number of carbonyl (C=O) groups is 1. The summed E-state index contributed by atoms with van der Waals surface area (Å²) >= 11 is 0. The Morgan fingerprint density at radius 3 is 1.94 bits per heavy atom. The Morgan fingerprint density at radius 2 is 1.56 bits per heavy atom. The van der Waals surface area contributed by atoms with Crippen molar-refractivity contribution in [1.29, 1.82) is 0 Å². The summed E-state index contributed by atoms with van der Waals surface area (Å²) in [4.78, 5) is 11.5. The lowest BCUT2D eigenvalue weighted by atomic mass is 9.92. The van der Waals surface area contributed by atoms with E-state index in [1.54, 1.807) is 20.8 Å². The summed E-state index contributed by atoms with van der Waals surface area (Å²) < 4.78 is 27.7. The highest BCUT2D eigenvalue weighted by molar-refractivity contribution is 7.53. The summed E-state index contributed by atoms with van der Waals surface area (Å²) in [5, 5.41) is 0. The molecule has 0 fully saturated rings. The lowest BCUT2D eigenvalue weighted by Gasteiger charge is -2.28. The first-order chi connectivity index (χ1) is 8.28. The van der Waals surface area contributed by atoms with Gasteiger partial charge in [0.25, 0.3) is 0 Å². The van der Waals surface area contributed by atoms with Crippen LogP contribution in [0.1, 0.15) is 41.0 Å². The standard InChI is InChI=1S/C12H25O5P/c1-6-15-11(13)9-12(4,5)10-18(14,16-7-2)17-8-3/h6-10H2,1-5H3. The average Bonchev–Trinajstić information content (AvgIpc) is 2.15. The summed E-state index contributed by atoms with van der Waals surface area (Å²) in [7, 11) is -3.12. The summed E-state index contributed by atoms with van der Waals surface area (Å²) in [6.07, 6.45) is 0.408. The highest BCUT2D eigenvalue weighted by Gasteiger charge is 2.35. The lowest BCUT2D eigenvalue weighted by Crippen LogP contribution is -2.24. The second-order valence-electron chi connectivity index (χ2n) is 4.75. The fraction of sp³-hybridized carbons (Fsp3) is 0.917. The Hall–Kier alpha value is -0.380. The maximum atomic E-state index is 12.4. The Kier molecular flexibility index (Phi) is 7.76. The molecule has 108 valence electrons. The van der Waals surface area contributed by atoms with Gasteiger partial charge in [-0.1, -0.05) is 13.8 Å². The van der Waals surface area contributed by atoms with E-state index in [0.717, 1.165) is 0 Å². The number of hydrogen-bond donors (Lipinski definition) is 0. The van der Waals surface area contributed by atoms with Crippen LogP contribution in [0.5, 0.6) is 0 Å². The zero-order chi connectivity index (χ0) is 14.2. The molecule has 0 saturated carbocycles. The van der Waals surface area contributed by atoms with E-state index in [9.17, 15) is 9.36 Å². The monoisotopic (exact) mass is 280 g/mol. The van der Waals surface area contributed by atoms with Gasteiger partial charge in [-0.2, -0.15) is 0 Å². The Morgan fingerprint density at radius 1 is 1.06 bits per heavy atom. The molecule has 0 radical (unpaired) electrons. The van der Waals surface area contributed by atoms with E-state index in [4.69, 9.17) is 13.8 Å². The van der Waals surface area contributed by atoms with E-state index in [1.807, 2.05) is 13.8 Å². The summed E-state index contributed by atoms with van der Waals surface area (Å²) in [5.41, 5.74) is -0.480. The van der Waals surface area contributed by atoms with Crippen molar-refractivity contribution in [3.63, 3.8) is 0 Å². The number of ether oxygens (including phenoxy) is 1.